The normalized spacial score (nSPS) is 17.1. The first-order valence-corrected chi connectivity index (χ1v) is 12.6. The first kappa shape index (κ1) is 24.5. The zero-order valence-electron chi connectivity index (χ0n) is 19.8. The van der Waals surface area contributed by atoms with Gasteiger partial charge in [0.15, 0.2) is 11.6 Å². The van der Waals surface area contributed by atoms with E-state index in [2.05, 4.69) is 9.97 Å². The van der Waals surface area contributed by atoms with Crippen LogP contribution in [0.2, 0.25) is 0 Å². The zero-order valence-corrected chi connectivity index (χ0v) is 20.7. The van der Waals surface area contributed by atoms with E-state index < -0.39 is 17.9 Å². The summed E-state index contributed by atoms with van der Waals surface area (Å²) in [4.78, 5) is 25.2. The average Bonchev–Trinajstić information content (AvgIpc) is 3.39. The van der Waals surface area contributed by atoms with E-state index in [1.165, 1.54) is 35.0 Å². The monoisotopic (exact) mass is 514 g/mol. The molecule has 0 saturated carbocycles. The smallest absolute Gasteiger partial charge is 0.274 e. The summed E-state index contributed by atoms with van der Waals surface area (Å²) in [7, 11) is 0. The molecular formula is C26H25F3N4O2S. The third-order valence-electron chi connectivity index (χ3n) is 6.53. The van der Waals surface area contributed by atoms with Crippen LogP contribution in [0.5, 0.6) is 0 Å². The van der Waals surface area contributed by atoms with Crippen molar-refractivity contribution < 1.29 is 23.1 Å². The van der Waals surface area contributed by atoms with Crippen LogP contribution in [0.4, 0.5) is 13.2 Å². The van der Waals surface area contributed by atoms with Gasteiger partial charge < -0.3 is 14.6 Å². The minimum absolute atomic E-state index is 0.222. The Bertz CT molecular complexity index is 1430. The van der Waals surface area contributed by atoms with E-state index in [0.717, 1.165) is 35.5 Å². The Balaban J connectivity index is 1.49. The quantitative estimate of drug-likeness (QED) is 0.375. The maximum absolute atomic E-state index is 13.9. The van der Waals surface area contributed by atoms with E-state index >= 15 is 0 Å². The molecule has 188 valence electrons. The standard InChI is InChI=1S/C26H25F3N4O2S/c1-14-30-24(25(36-14)16-6-8-17(27)9-7-16)26(35)32-10-4-3-5-18(32)11-23-31-21-12-19(28)20(29)13-22(21)33(23)15(2)34/h6-9,12-13,15,18,34H,3-5,10-11H2,1-2H3. The number of fused-ring (bicyclic) bond motifs is 1. The second kappa shape index (κ2) is 9.67. The van der Waals surface area contributed by atoms with E-state index in [4.69, 9.17) is 0 Å². The van der Waals surface area contributed by atoms with Gasteiger partial charge in [-0.05, 0) is 50.8 Å². The number of aryl methyl sites for hydroxylation is 1. The van der Waals surface area contributed by atoms with Gasteiger partial charge >= 0.3 is 0 Å². The SMILES string of the molecule is Cc1nc(C(=O)N2CCCCC2Cc2nc3cc(F)c(F)cc3n2C(C)O)c(-c2ccc(F)cc2)s1. The summed E-state index contributed by atoms with van der Waals surface area (Å²) in [5, 5.41) is 11.1. The molecule has 3 heterocycles. The van der Waals surface area contributed by atoms with Gasteiger partial charge in [-0.1, -0.05) is 12.1 Å². The molecule has 2 unspecified atom stereocenters. The lowest BCUT2D eigenvalue weighted by Crippen LogP contribution is -2.45. The fraction of sp³-hybridized carbons (Fsp3) is 0.346. The van der Waals surface area contributed by atoms with Crippen molar-refractivity contribution in [3.63, 3.8) is 0 Å². The maximum atomic E-state index is 13.9. The fourth-order valence-electron chi connectivity index (χ4n) is 4.90. The molecule has 0 aliphatic carbocycles. The van der Waals surface area contributed by atoms with Crippen LogP contribution in [0.25, 0.3) is 21.5 Å². The van der Waals surface area contributed by atoms with Crippen molar-refractivity contribution in [1.29, 1.82) is 0 Å². The van der Waals surface area contributed by atoms with Crippen molar-refractivity contribution in [2.24, 2.45) is 0 Å². The molecule has 36 heavy (non-hydrogen) atoms. The van der Waals surface area contributed by atoms with Crippen molar-refractivity contribution >= 4 is 28.3 Å². The highest BCUT2D eigenvalue weighted by Crippen LogP contribution is 2.33. The number of aliphatic hydroxyl groups is 1. The predicted octanol–water partition coefficient (Wildman–Crippen LogP) is 5.63. The summed E-state index contributed by atoms with van der Waals surface area (Å²) in [6.45, 7) is 3.88. The van der Waals surface area contributed by atoms with Crippen LogP contribution in [0.1, 0.15) is 53.7 Å². The van der Waals surface area contributed by atoms with Crippen molar-refractivity contribution in [1.82, 2.24) is 19.4 Å². The van der Waals surface area contributed by atoms with E-state index in [0.29, 0.717) is 41.3 Å². The van der Waals surface area contributed by atoms with Crippen molar-refractivity contribution in [3.8, 4) is 10.4 Å². The molecule has 4 aromatic rings. The number of hydrogen-bond acceptors (Lipinski definition) is 5. The van der Waals surface area contributed by atoms with Crippen molar-refractivity contribution in [2.45, 2.75) is 51.8 Å². The Hall–Kier alpha value is -3.24. The number of aliphatic hydroxyl groups excluding tert-OH is 1. The second-order valence-corrected chi connectivity index (χ2v) is 10.3. The molecule has 1 N–H and O–H groups in total. The number of thiazole rings is 1. The summed E-state index contributed by atoms with van der Waals surface area (Å²) < 4.78 is 42.7. The molecule has 1 aliphatic rings. The fourth-order valence-corrected chi connectivity index (χ4v) is 5.81. The van der Waals surface area contributed by atoms with E-state index in [-0.39, 0.29) is 23.3 Å². The number of aromatic nitrogens is 3. The Labute approximate surface area is 210 Å². The number of halogens is 3. The third-order valence-corrected chi connectivity index (χ3v) is 7.55. The maximum Gasteiger partial charge on any atom is 0.274 e. The minimum Gasteiger partial charge on any atom is -0.374 e. The highest BCUT2D eigenvalue weighted by atomic mass is 32.1. The van der Waals surface area contributed by atoms with Crippen LogP contribution >= 0.6 is 11.3 Å². The largest absolute Gasteiger partial charge is 0.374 e. The molecule has 1 aliphatic heterocycles. The number of hydrogen-bond donors (Lipinski definition) is 1. The lowest BCUT2D eigenvalue weighted by molar-refractivity contribution is 0.0600. The first-order chi connectivity index (χ1) is 17.2. The molecule has 2 atom stereocenters. The molecule has 1 saturated heterocycles. The van der Waals surface area contributed by atoms with Crippen LogP contribution in [0.3, 0.4) is 0 Å². The first-order valence-electron chi connectivity index (χ1n) is 11.8. The molecule has 2 aromatic heterocycles. The number of amides is 1. The number of piperidine rings is 1. The number of likely N-dealkylation sites (tertiary alicyclic amines) is 1. The number of carbonyl (C=O) groups is 1. The molecule has 0 bridgehead atoms. The van der Waals surface area contributed by atoms with Crippen molar-refractivity contribution in [2.75, 3.05) is 6.54 Å². The van der Waals surface area contributed by atoms with Crippen LogP contribution in [-0.2, 0) is 6.42 Å². The molecule has 1 amide bonds. The summed E-state index contributed by atoms with van der Waals surface area (Å²) in [6, 6.07) is 7.79. The number of benzene rings is 2. The van der Waals surface area contributed by atoms with Gasteiger partial charge in [0.05, 0.1) is 20.9 Å². The van der Waals surface area contributed by atoms with Gasteiger partial charge in [0.25, 0.3) is 5.91 Å². The molecule has 0 spiro atoms. The number of imidazole rings is 1. The van der Waals surface area contributed by atoms with Crippen molar-refractivity contribution in [3.05, 3.63) is 70.4 Å². The third kappa shape index (κ3) is 4.51. The lowest BCUT2D eigenvalue weighted by Gasteiger charge is -2.35. The zero-order chi connectivity index (χ0) is 25.6. The highest BCUT2D eigenvalue weighted by Gasteiger charge is 2.32. The molecule has 2 aromatic carbocycles. The summed E-state index contributed by atoms with van der Waals surface area (Å²) in [5.74, 6) is -2.16. The van der Waals surface area contributed by atoms with Gasteiger partial charge in [-0.2, -0.15) is 0 Å². The minimum atomic E-state index is -1.02. The van der Waals surface area contributed by atoms with Gasteiger partial charge in [-0.25, -0.2) is 23.1 Å². The second-order valence-electron chi connectivity index (χ2n) is 9.05. The molecule has 6 nitrogen and oxygen atoms in total. The van der Waals surface area contributed by atoms with Crippen LogP contribution in [0, 0.1) is 24.4 Å². The Morgan fingerprint density at radius 3 is 2.58 bits per heavy atom. The summed E-state index contributed by atoms with van der Waals surface area (Å²) >= 11 is 1.38. The number of carbonyl (C=O) groups excluding carboxylic acids is 1. The van der Waals surface area contributed by atoms with Crippen LogP contribution < -0.4 is 0 Å². The highest BCUT2D eigenvalue weighted by molar-refractivity contribution is 7.15. The number of rotatable bonds is 5. The summed E-state index contributed by atoms with van der Waals surface area (Å²) in [5.41, 5.74) is 1.58. The van der Waals surface area contributed by atoms with E-state index in [1.807, 2.05) is 6.92 Å². The summed E-state index contributed by atoms with van der Waals surface area (Å²) in [6.07, 6.45) is 1.75. The predicted molar refractivity (Wildman–Crippen MR) is 131 cm³/mol. The Morgan fingerprint density at radius 2 is 1.86 bits per heavy atom. The van der Waals surface area contributed by atoms with Gasteiger partial charge in [-0.15, -0.1) is 11.3 Å². The van der Waals surface area contributed by atoms with E-state index in [9.17, 15) is 23.1 Å². The Morgan fingerprint density at radius 1 is 1.14 bits per heavy atom. The molecular weight excluding hydrogens is 489 g/mol. The van der Waals surface area contributed by atoms with Gasteiger partial charge in [0.1, 0.15) is 23.6 Å². The Kier molecular flexibility index (Phi) is 6.57. The molecule has 5 rings (SSSR count). The molecule has 10 heteroatoms. The number of nitrogens with zero attached hydrogens (tertiary/aromatic N) is 4. The van der Waals surface area contributed by atoms with Gasteiger partial charge in [-0.3, -0.25) is 4.79 Å². The molecule has 1 fully saturated rings. The van der Waals surface area contributed by atoms with E-state index in [1.54, 1.807) is 17.0 Å². The van der Waals surface area contributed by atoms with Gasteiger partial charge in [0.2, 0.25) is 0 Å². The lowest BCUT2D eigenvalue weighted by atomic mass is 9.98. The van der Waals surface area contributed by atoms with Crippen LogP contribution in [0.15, 0.2) is 36.4 Å². The molecule has 0 radical (unpaired) electrons. The topological polar surface area (TPSA) is 71.2 Å². The van der Waals surface area contributed by atoms with Crippen LogP contribution in [-0.4, -0.2) is 43.0 Å². The average molecular weight is 515 g/mol. The van der Waals surface area contributed by atoms with Gasteiger partial charge in [0, 0.05) is 31.1 Å².